The number of likely N-dealkylation sites (tertiary alicyclic amines) is 1. The second-order valence-electron chi connectivity index (χ2n) is 8.57. The molecule has 2 aromatic carbocycles. The molecule has 2 fully saturated rings. The van der Waals surface area contributed by atoms with Gasteiger partial charge in [0.05, 0.1) is 32.4 Å². The van der Waals surface area contributed by atoms with Gasteiger partial charge in [-0.05, 0) is 55.7 Å². The second kappa shape index (κ2) is 10.2. The van der Waals surface area contributed by atoms with Crippen LogP contribution in [0.4, 0.5) is 0 Å². The first-order valence-corrected chi connectivity index (χ1v) is 11.7. The first-order valence-electron chi connectivity index (χ1n) is 11.7. The van der Waals surface area contributed by atoms with Crippen LogP contribution in [0.25, 0.3) is 5.76 Å². The topological polar surface area (TPSA) is 85.3 Å². The zero-order valence-electron chi connectivity index (χ0n) is 19.9. The first-order chi connectivity index (χ1) is 16.5. The molecular weight excluding hydrogens is 434 g/mol. The zero-order valence-corrected chi connectivity index (χ0v) is 19.9. The van der Waals surface area contributed by atoms with E-state index >= 15 is 0 Å². The molecule has 1 amide bonds. The van der Waals surface area contributed by atoms with Gasteiger partial charge in [-0.1, -0.05) is 31.4 Å². The lowest BCUT2D eigenvalue weighted by atomic mass is 9.91. The SMILES string of the molecule is CCOc1ccc(C2/C(=C(/O)c3ccc(OC)c(OC)c3)C(=O)C(=O)N2C2CCCCC2)cc1. The van der Waals surface area contributed by atoms with Crippen molar-refractivity contribution in [1.82, 2.24) is 4.90 Å². The van der Waals surface area contributed by atoms with Crippen molar-refractivity contribution in [3.05, 3.63) is 59.2 Å². The Balaban J connectivity index is 1.84. The third-order valence-electron chi connectivity index (χ3n) is 6.61. The fourth-order valence-electron chi connectivity index (χ4n) is 4.97. The van der Waals surface area contributed by atoms with Gasteiger partial charge in [-0.3, -0.25) is 9.59 Å². The van der Waals surface area contributed by atoms with Crippen molar-refractivity contribution in [3.63, 3.8) is 0 Å². The third-order valence-corrected chi connectivity index (χ3v) is 6.61. The Morgan fingerprint density at radius 3 is 2.26 bits per heavy atom. The molecule has 1 N–H and O–H groups in total. The van der Waals surface area contributed by atoms with Gasteiger partial charge in [-0.15, -0.1) is 0 Å². The molecule has 7 nitrogen and oxygen atoms in total. The Morgan fingerprint density at radius 2 is 1.65 bits per heavy atom. The molecule has 1 unspecified atom stereocenters. The van der Waals surface area contributed by atoms with Gasteiger partial charge in [0.1, 0.15) is 11.5 Å². The van der Waals surface area contributed by atoms with Gasteiger partial charge in [0.25, 0.3) is 11.7 Å². The molecule has 7 heteroatoms. The Hall–Kier alpha value is -3.48. The summed E-state index contributed by atoms with van der Waals surface area (Å²) in [5, 5.41) is 11.3. The fourth-order valence-corrected chi connectivity index (χ4v) is 4.97. The van der Waals surface area contributed by atoms with Crippen LogP contribution in [0.2, 0.25) is 0 Å². The van der Waals surface area contributed by atoms with E-state index in [2.05, 4.69) is 0 Å². The van der Waals surface area contributed by atoms with E-state index in [1.54, 1.807) is 23.1 Å². The molecule has 180 valence electrons. The molecule has 1 saturated heterocycles. The van der Waals surface area contributed by atoms with Crippen LogP contribution in [0.15, 0.2) is 48.0 Å². The summed E-state index contributed by atoms with van der Waals surface area (Å²) in [6.45, 7) is 2.45. The average Bonchev–Trinajstić information content (AvgIpc) is 3.14. The normalized spacial score (nSPS) is 20.4. The number of amides is 1. The Labute approximate surface area is 199 Å². The number of hydrogen-bond acceptors (Lipinski definition) is 6. The van der Waals surface area contributed by atoms with E-state index < -0.39 is 17.7 Å². The van der Waals surface area contributed by atoms with Crippen molar-refractivity contribution >= 4 is 17.4 Å². The van der Waals surface area contributed by atoms with Crippen molar-refractivity contribution in [2.24, 2.45) is 0 Å². The number of methoxy groups -OCH3 is 2. The monoisotopic (exact) mass is 465 g/mol. The molecule has 2 aromatic rings. The van der Waals surface area contributed by atoms with Gasteiger partial charge in [0.2, 0.25) is 0 Å². The number of aliphatic hydroxyl groups excluding tert-OH is 1. The van der Waals surface area contributed by atoms with Crippen LogP contribution in [0.3, 0.4) is 0 Å². The predicted molar refractivity (Wildman–Crippen MR) is 128 cm³/mol. The molecule has 1 aliphatic carbocycles. The van der Waals surface area contributed by atoms with Crippen molar-refractivity contribution in [1.29, 1.82) is 0 Å². The molecule has 0 aromatic heterocycles. The van der Waals surface area contributed by atoms with E-state index in [0.717, 1.165) is 37.7 Å². The van der Waals surface area contributed by atoms with Crippen LogP contribution in [-0.2, 0) is 9.59 Å². The van der Waals surface area contributed by atoms with Crippen LogP contribution in [-0.4, -0.2) is 48.6 Å². The number of Topliss-reactive ketones (excluding diaryl/α,β-unsaturated/α-hetero) is 1. The molecule has 1 heterocycles. The molecule has 2 aliphatic rings. The number of rotatable bonds is 7. The summed E-state index contributed by atoms with van der Waals surface area (Å²) >= 11 is 0. The molecule has 1 atom stereocenters. The zero-order chi connectivity index (χ0) is 24.2. The number of ether oxygens (including phenoxy) is 3. The maximum Gasteiger partial charge on any atom is 0.295 e. The molecule has 0 radical (unpaired) electrons. The quantitative estimate of drug-likeness (QED) is 0.357. The highest BCUT2D eigenvalue weighted by molar-refractivity contribution is 6.46. The molecule has 4 rings (SSSR count). The maximum absolute atomic E-state index is 13.3. The van der Waals surface area contributed by atoms with Crippen LogP contribution in [0.1, 0.15) is 56.2 Å². The van der Waals surface area contributed by atoms with E-state index in [9.17, 15) is 14.7 Å². The van der Waals surface area contributed by atoms with Gasteiger partial charge in [-0.25, -0.2) is 0 Å². The van der Waals surface area contributed by atoms with E-state index in [1.165, 1.54) is 14.2 Å². The standard InChI is InChI=1S/C27H31NO6/c1-4-34-20-13-10-17(11-14-20)24-23(25(29)18-12-15-21(32-2)22(16-18)33-3)26(30)27(31)28(24)19-8-6-5-7-9-19/h10-16,19,24,29H,4-9H2,1-3H3/b25-23-. The van der Waals surface area contributed by atoms with Crippen LogP contribution in [0, 0.1) is 0 Å². The highest BCUT2D eigenvalue weighted by Gasteiger charge is 2.48. The summed E-state index contributed by atoms with van der Waals surface area (Å²) in [7, 11) is 3.03. The van der Waals surface area contributed by atoms with Gasteiger partial charge >= 0.3 is 0 Å². The second-order valence-corrected chi connectivity index (χ2v) is 8.57. The highest BCUT2D eigenvalue weighted by Crippen LogP contribution is 2.44. The van der Waals surface area contributed by atoms with Gasteiger partial charge in [0.15, 0.2) is 11.5 Å². The lowest BCUT2D eigenvalue weighted by Crippen LogP contribution is -2.40. The number of ketones is 1. The number of hydrogen-bond donors (Lipinski definition) is 1. The molecule has 1 aliphatic heterocycles. The number of nitrogens with zero attached hydrogens (tertiary/aromatic N) is 1. The Morgan fingerprint density at radius 1 is 0.971 bits per heavy atom. The van der Waals surface area contributed by atoms with Crippen molar-refractivity contribution in [2.75, 3.05) is 20.8 Å². The van der Waals surface area contributed by atoms with Crippen molar-refractivity contribution in [2.45, 2.75) is 51.1 Å². The third kappa shape index (κ3) is 4.34. The largest absolute Gasteiger partial charge is 0.507 e. The summed E-state index contributed by atoms with van der Waals surface area (Å²) in [6.07, 6.45) is 4.84. The summed E-state index contributed by atoms with van der Waals surface area (Å²) in [6, 6.07) is 11.6. The first kappa shape index (κ1) is 23.7. The predicted octanol–water partition coefficient (Wildman–Crippen LogP) is 4.86. The summed E-state index contributed by atoms with van der Waals surface area (Å²) in [4.78, 5) is 28.3. The van der Waals surface area contributed by atoms with Gasteiger partial charge in [-0.2, -0.15) is 0 Å². The summed E-state index contributed by atoms with van der Waals surface area (Å²) < 4.78 is 16.2. The minimum Gasteiger partial charge on any atom is -0.507 e. The minimum atomic E-state index is -0.674. The molecule has 0 spiro atoms. The molecule has 34 heavy (non-hydrogen) atoms. The van der Waals surface area contributed by atoms with E-state index in [0.29, 0.717) is 29.4 Å². The smallest absolute Gasteiger partial charge is 0.295 e. The molecule has 0 bridgehead atoms. The number of carbonyl (C=O) groups is 2. The van der Waals surface area contributed by atoms with E-state index in [4.69, 9.17) is 14.2 Å². The van der Waals surface area contributed by atoms with E-state index in [-0.39, 0.29) is 17.4 Å². The number of aliphatic hydroxyl groups is 1. The molecular formula is C27H31NO6. The molecule has 1 saturated carbocycles. The van der Waals surface area contributed by atoms with Crippen LogP contribution < -0.4 is 14.2 Å². The highest BCUT2D eigenvalue weighted by atomic mass is 16.5. The number of carbonyl (C=O) groups excluding carboxylic acids is 2. The van der Waals surface area contributed by atoms with Crippen LogP contribution >= 0.6 is 0 Å². The van der Waals surface area contributed by atoms with Crippen LogP contribution in [0.5, 0.6) is 17.2 Å². The van der Waals surface area contributed by atoms with Crippen molar-refractivity contribution in [3.8, 4) is 17.2 Å². The Bertz CT molecular complexity index is 1080. The lowest BCUT2D eigenvalue weighted by Gasteiger charge is -2.35. The van der Waals surface area contributed by atoms with Gasteiger partial charge < -0.3 is 24.2 Å². The fraction of sp³-hybridized carbons (Fsp3) is 0.407. The summed E-state index contributed by atoms with van der Waals surface area (Å²) in [5.74, 6) is 0.178. The number of benzene rings is 2. The average molecular weight is 466 g/mol. The van der Waals surface area contributed by atoms with E-state index in [1.807, 2.05) is 31.2 Å². The lowest BCUT2D eigenvalue weighted by molar-refractivity contribution is -0.141. The minimum absolute atomic E-state index is 0.0440. The summed E-state index contributed by atoms with van der Waals surface area (Å²) in [5.41, 5.74) is 1.23. The van der Waals surface area contributed by atoms with Crippen molar-refractivity contribution < 1.29 is 28.9 Å². The Kier molecular flexibility index (Phi) is 7.10. The van der Waals surface area contributed by atoms with Gasteiger partial charge in [0, 0.05) is 11.6 Å². The maximum atomic E-state index is 13.3.